The van der Waals surface area contributed by atoms with Gasteiger partial charge in [0.05, 0.1) is 18.5 Å². The number of nitrogen functional groups attached to an aromatic ring is 1. The number of hydrogen-bond donors (Lipinski definition) is 2. The average Bonchev–Trinajstić information content (AvgIpc) is 2.38. The van der Waals surface area contributed by atoms with E-state index in [2.05, 4.69) is 34.2 Å². The first-order valence-electron chi connectivity index (χ1n) is 6.02. The van der Waals surface area contributed by atoms with Crippen LogP contribution in [0, 0.1) is 6.92 Å². The van der Waals surface area contributed by atoms with Crippen LogP contribution in [0.3, 0.4) is 0 Å². The SMILES string of the molecule is COc1ccc(C)cc1CNc1ccc(Br)cc1N. The van der Waals surface area contributed by atoms with Crippen molar-refractivity contribution < 1.29 is 4.74 Å². The molecule has 0 aromatic heterocycles. The summed E-state index contributed by atoms with van der Waals surface area (Å²) in [4.78, 5) is 0. The van der Waals surface area contributed by atoms with Crippen molar-refractivity contribution >= 4 is 27.3 Å². The lowest BCUT2D eigenvalue weighted by Gasteiger charge is -2.13. The topological polar surface area (TPSA) is 47.3 Å². The van der Waals surface area contributed by atoms with Crippen molar-refractivity contribution in [2.24, 2.45) is 0 Å². The van der Waals surface area contributed by atoms with E-state index in [1.807, 2.05) is 30.3 Å². The van der Waals surface area contributed by atoms with Gasteiger partial charge in [0.25, 0.3) is 0 Å². The number of rotatable bonds is 4. The minimum Gasteiger partial charge on any atom is -0.496 e. The molecule has 0 aliphatic heterocycles. The van der Waals surface area contributed by atoms with Gasteiger partial charge in [-0.25, -0.2) is 0 Å². The summed E-state index contributed by atoms with van der Waals surface area (Å²) in [6, 6.07) is 11.9. The highest BCUT2D eigenvalue weighted by Crippen LogP contribution is 2.25. The predicted octanol–water partition coefficient (Wildman–Crippen LogP) is 3.96. The molecule has 2 rings (SSSR count). The Balaban J connectivity index is 2.16. The first-order chi connectivity index (χ1) is 9.10. The Morgan fingerprint density at radius 2 is 2.00 bits per heavy atom. The molecule has 0 spiro atoms. The van der Waals surface area contributed by atoms with Crippen LogP contribution in [-0.2, 0) is 6.54 Å². The van der Waals surface area contributed by atoms with Crippen molar-refractivity contribution in [2.45, 2.75) is 13.5 Å². The molecule has 0 fully saturated rings. The fourth-order valence-corrected chi connectivity index (χ4v) is 2.31. The largest absolute Gasteiger partial charge is 0.496 e. The van der Waals surface area contributed by atoms with Crippen molar-refractivity contribution in [3.05, 3.63) is 52.0 Å². The Morgan fingerprint density at radius 3 is 2.68 bits per heavy atom. The monoisotopic (exact) mass is 320 g/mol. The Hall–Kier alpha value is -1.68. The number of halogens is 1. The Kier molecular flexibility index (Phi) is 4.32. The molecule has 3 nitrogen and oxygen atoms in total. The van der Waals surface area contributed by atoms with Crippen LogP contribution in [0.25, 0.3) is 0 Å². The van der Waals surface area contributed by atoms with Gasteiger partial charge in [-0.1, -0.05) is 33.6 Å². The van der Waals surface area contributed by atoms with Gasteiger partial charge >= 0.3 is 0 Å². The zero-order chi connectivity index (χ0) is 13.8. The van der Waals surface area contributed by atoms with Crippen molar-refractivity contribution in [2.75, 3.05) is 18.2 Å². The standard InChI is InChI=1S/C15H17BrN2O/c1-10-3-6-15(19-2)11(7-10)9-18-14-5-4-12(16)8-13(14)17/h3-8,18H,9,17H2,1-2H3. The molecule has 0 aliphatic rings. The van der Waals surface area contributed by atoms with Crippen LogP contribution in [0.1, 0.15) is 11.1 Å². The molecule has 0 amide bonds. The molecule has 0 heterocycles. The number of benzene rings is 2. The molecule has 0 saturated carbocycles. The van der Waals surface area contributed by atoms with Crippen LogP contribution in [0.5, 0.6) is 5.75 Å². The molecule has 19 heavy (non-hydrogen) atoms. The van der Waals surface area contributed by atoms with Crippen molar-refractivity contribution in [1.82, 2.24) is 0 Å². The number of methoxy groups -OCH3 is 1. The zero-order valence-corrected chi connectivity index (χ0v) is 12.6. The fourth-order valence-electron chi connectivity index (χ4n) is 1.93. The van der Waals surface area contributed by atoms with E-state index in [4.69, 9.17) is 10.5 Å². The normalized spacial score (nSPS) is 10.3. The van der Waals surface area contributed by atoms with Crippen LogP contribution < -0.4 is 15.8 Å². The third kappa shape index (κ3) is 3.41. The van der Waals surface area contributed by atoms with Crippen molar-refractivity contribution in [3.63, 3.8) is 0 Å². The number of hydrogen-bond acceptors (Lipinski definition) is 3. The van der Waals surface area contributed by atoms with Crippen LogP contribution in [0.2, 0.25) is 0 Å². The summed E-state index contributed by atoms with van der Waals surface area (Å²) in [7, 11) is 1.68. The van der Waals surface area contributed by atoms with Crippen LogP contribution >= 0.6 is 15.9 Å². The quantitative estimate of drug-likeness (QED) is 0.838. The molecule has 0 saturated heterocycles. The van der Waals surface area contributed by atoms with Crippen LogP contribution in [0.15, 0.2) is 40.9 Å². The van der Waals surface area contributed by atoms with Gasteiger partial charge in [-0.3, -0.25) is 0 Å². The van der Waals surface area contributed by atoms with E-state index in [9.17, 15) is 0 Å². The summed E-state index contributed by atoms with van der Waals surface area (Å²) in [5.41, 5.74) is 9.93. The second kappa shape index (κ2) is 5.97. The molecule has 100 valence electrons. The third-order valence-electron chi connectivity index (χ3n) is 2.92. The van der Waals surface area contributed by atoms with E-state index in [1.165, 1.54) is 5.56 Å². The summed E-state index contributed by atoms with van der Waals surface area (Å²) in [5, 5.41) is 3.33. The summed E-state index contributed by atoms with van der Waals surface area (Å²) in [5.74, 6) is 0.883. The molecular weight excluding hydrogens is 304 g/mol. The molecule has 4 heteroatoms. The minimum absolute atomic E-state index is 0.677. The van der Waals surface area contributed by atoms with E-state index < -0.39 is 0 Å². The van der Waals surface area contributed by atoms with E-state index in [1.54, 1.807) is 7.11 Å². The average molecular weight is 321 g/mol. The maximum atomic E-state index is 5.96. The molecule has 0 bridgehead atoms. The maximum Gasteiger partial charge on any atom is 0.123 e. The van der Waals surface area contributed by atoms with E-state index in [0.29, 0.717) is 6.54 Å². The van der Waals surface area contributed by atoms with Gasteiger partial charge in [0, 0.05) is 16.6 Å². The third-order valence-corrected chi connectivity index (χ3v) is 3.41. The molecule has 0 unspecified atom stereocenters. The van der Waals surface area contributed by atoms with E-state index >= 15 is 0 Å². The Morgan fingerprint density at radius 1 is 1.21 bits per heavy atom. The number of nitrogens with two attached hydrogens (primary N) is 1. The number of aryl methyl sites for hydroxylation is 1. The predicted molar refractivity (Wildman–Crippen MR) is 83.6 cm³/mol. The summed E-state index contributed by atoms with van der Waals surface area (Å²) in [6.45, 7) is 2.74. The lowest BCUT2D eigenvalue weighted by atomic mass is 10.1. The van der Waals surface area contributed by atoms with Gasteiger partial charge < -0.3 is 15.8 Å². The van der Waals surface area contributed by atoms with Gasteiger partial charge in [0.2, 0.25) is 0 Å². The molecular formula is C15H17BrN2O. The Labute approximate surface area is 121 Å². The number of anilines is 2. The highest BCUT2D eigenvalue weighted by Gasteiger charge is 2.04. The van der Waals surface area contributed by atoms with Gasteiger partial charge in [-0.05, 0) is 31.2 Å². The van der Waals surface area contributed by atoms with E-state index in [0.717, 1.165) is 27.2 Å². The molecule has 3 N–H and O–H groups in total. The maximum absolute atomic E-state index is 5.96. The van der Waals surface area contributed by atoms with Gasteiger partial charge in [0.15, 0.2) is 0 Å². The summed E-state index contributed by atoms with van der Waals surface area (Å²) >= 11 is 3.40. The Bertz CT molecular complexity index is 584. The molecule has 2 aromatic rings. The highest BCUT2D eigenvalue weighted by molar-refractivity contribution is 9.10. The fraction of sp³-hybridized carbons (Fsp3) is 0.200. The highest BCUT2D eigenvalue weighted by atomic mass is 79.9. The smallest absolute Gasteiger partial charge is 0.123 e. The number of ether oxygens (including phenoxy) is 1. The summed E-state index contributed by atoms with van der Waals surface area (Å²) in [6.07, 6.45) is 0. The molecule has 0 aliphatic carbocycles. The van der Waals surface area contributed by atoms with E-state index in [-0.39, 0.29) is 0 Å². The first-order valence-corrected chi connectivity index (χ1v) is 6.82. The van der Waals surface area contributed by atoms with Crippen molar-refractivity contribution in [1.29, 1.82) is 0 Å². The molecule has 0 radical (unpaired) electrons. The van der Waals surface area contributed by atoms with Gasteiger partial charge in [-0.2, -0.15) is 0 Å². The van der Waals surface area contributed by atoms with Crippen LogP contribution in [0.4, 0.5) is 11.4 Å². The lowest BCUT2D eigenvalue weighted by Crippen LogP contribution is -2.04. The second-order valence-corrected chi connectivity index (χ2v) is 5.32. The van der Waals surface area contributed by atoms with Gasteiger partial charge in [-0.15, -0.1) is 0 Å². The first kappa shape index (κ1) is 13.7. The lowest BCUT2D eigenvalue weighted by molar-refractivity contribution is 0.410. The zero-order valence-electron chi connectivity index (χ0n) is 11.0. The summed E-state index contributed by atoms with van der Waals surface area (Å²) < 4.78 is 6.33. The van der Waals surface area contributed by atoms with Crippen molar-refractivity contribution in [3.8, 4) is 5.75 Å². The molecule has 2 aromatic carbocycles. The second-order valence-electron chi connectivity index (χ2n) is 4.40. The number of nitrogens with one attached hydrogen (secondary N) is 1. The van der Waals surface area contributed by atoms with Crippen LogP contribution in [-0.4, -0.2) is 7.11 Å². The minimum atomic E-state index is 0.677. The van der Waals surface area contributed by atoms with Gasteiger partial charge in [0.1, 0.15) is 5.75 Å². The molecule has 0 atom stereocenters.